The quantitative estimate of drug-likeness (QED) is 0.859. The smallest absolute Gasteiger partial charge is 0.241 e. The van der Waals surface area contributed by atoms with E-state index in [4.69, 9.17) is 10.5 Å². The Hall–Kier alpha value is -2.25. The third kappa shape index (κ3) is 4.14. The minimum absolute atomic E-state index is 0.166. The zero-order valence-electron chi connectivity index (χ0n) is 12.9. The lowest BCUT2D eigenvalue weighted by Crippen LogP contribution is -2.43. The molecule has 23 heavy (non-hydrogen) atoms. The third-order valence-electron chi connectivity index (χ3n) is 4.07. The van der Waals surface area contributed by atoms with E-state index in [9.17, 15) is 4.79 Å². The van der Waals surface area contributed by atoms with Crippen LogP contribution in [0.3, 0.4) is 0 Å². The van der Waals surface area contributed by atoms with E-state index in [0.29, 0.717) is 25.4 Å². The molecule has 0 aromatic carbocycles. The van der Waals surface area contributed by atoms with Crippen LogP contribution in [0.15, 0.2) is 36.9 Å². The average molecular weight is 315 g/mol. The van der Waals surface area contributed by atoms with Crippen LogP contribution >= 0.6 is 0 Å². The molecule has 3 heterocycles. The van der Waals surface area contributed by atoms with Gasteiger partial charge in [0, 0.05) is 31.8 Å². The SMILES string of the molecule is NC(C(=O)Nc1cnn(Cc2ccncc2)c1)C1CCOCC1. The minimum atomic E-state index is -0.512. The van der Waals surface area contributed by atoms with Gasteiger partial charge in [-0.05, 0) is 36.5 Å². The number of nitrogens with zero attached hydrogens (tertiary/aromatic N) is 3. The summed E-state index contributed by atoms with van der Waals surface area (Å²) in [5.41, 5.74) is 7.82. The van der Waals surface area contributed by atoms with Gasteiger partial charge < -0.3 is 15.8 Å². The molecular weight excluding hydrogens is 294 g/mol. The molecule has 0 saturated carbocycles. The molecule has 3 rings (SSSR count). The predicted octanol–water partition coefficient (Wildman–Crippen LogP) is 1.02. The Morgan fingerprint density at radius 3 is 2.87 bits per heavy atom. The first-order valence-corrected chi connectivity index (χ1v) is 7.78. The molecule has 2 aromatic rings. The molecule has 1 atom stereocenters. The topological polar surface area (TPSA) is 95.1 Å². The van der Waals surface area contributed by atoms with Crippen LogP contribution in [-0.4, -0.2) is 39.9 Å². The maximum absolute atomic E-state index is 12.3. The second-order valence-corrected chi connectivity index (χ2v) is 5.75. The monoisotopic (exact) mass is 315 g/mol. The van der Waals surface area contributed by atoms with Gasteiger partial charge in [-0.2, -0.15) is 5.10 Å². The fourth-order valence-electron chi connectivity index (χ4n) is 2.70. The Morgan fingerprint density at radius 1 is 1.39 bits per heavy atom. The molecule has 1 fully saturated rings. The number of aromatic nitrogens is 3. The van der Waals surface area contributed by atoms with Gasteiger partial charge in [-0.1, -0.05) is 0 Å². The van der Waals surface area contributed by atoms with E-state index in [1.54, 1.807) is 29.5 Å². The summed E-state index contributed by atoms with van der Waals surface area (Å²) in [5.74, 6) is 0.0102. The minimum Gasteiger partial charge on any atom is -0.381 e. The molecule has 1 unspecified atom stereocenters. The van der Waals surface area contributed by atoms with Crippen molar-refractivity contribution in [2.24, 2.45) is 11.7 Å². The molecule has 3 N–H and O–H groups in total. The number of rotatable bonds is 5. The van der Waals surface area contributed by atoms with Crippen LogP contribution in [0.5, 0.6) is 0 Å². The lowest BCUT2D eigenvalue weighted by atomic mass is 9.92. The Morgan fingerprint density at radius 2 is 2.13 bits per heavy atom. The number of hydrogen-bond acceptors (Lipinski definition) is 5. The van der Waals surface area contributed by atoms with Crippen LogP contribution in [0.25, 0.3) is 0 Å². The molecule has 1 aliphatic heterocycles. The van der Waals surface area contributed by atoms with Crippen molar-refractivity contribution in [2.45, 2.75) is 25.4 Å². The third-order valence-corrected chi connectivity index (χ3v) is 4.07. The normalized spacial score (nSPS) is 16.9. The number of carbonyl (C=O) groups is 1. The van der Waals surface area contributed by atoms with Crippen molar-refractivity contribution < 1.29 is 9.53 Å². The molecule has 7 heteroatoms. The van der Waals surface area contributed by atoms with E-state index in [1.807, 2.05) is 12.1 Å². The van der Waals surface area contributed by atoms with Gasteiger partial charge in [0.15, 0.2) is 0 Å². The lowest BCUT2D eigenvalue weighted by Gasteiger charge is -2.26. The fourth-order valence-corrected chi connectivity index (χ4v) is 2.70. The number of hydrogen-bond donors (Lipinski definition) is 2. The van der Waals surface area contributed by atoms with Gasteiger partial charge in [0.1, 0.15) is 0 Å². The molecular formula is C16H21N5O2. The van der Waals surface area contributed by atoms with Crippen molar-refractivity contribution in [1.29, 1.82) is 0 Å². The summed E-state index contributed by atoms with van der Waals surface area (Å²) < 4.78 is 7.07. The summed E-state index contributed by atoms with van der Waals surface area (Å²) in [6, 6.07) is 3.35. The Bertz CT molecular complexity index is 637. The van der Waals surface area contributed by atoms with Crippen LogP contribution in [0.4, 0.5) is 5.69 Å². The molecule has 1 aliphatic rings. The summed E-state index contributed by atoms with van der Waals surface area (Å²) in [6.45, 7) is 1.98. The number of ether oxygens (including phenoxy) is 1. The van der Waals surface area contributed by atoms with E-state index in [0.717, 1.165) is 18.4 Å². The maximum atomic E-state index is 12.3. The molecule has 1 amide bonds. The molecule has 122 valence electrons. The zero-order valence-corrected chi connectivity index (χ0v) is 12.9. The number of nitrogens with two attached hydrogens (primary N) is 1. The molecule has 1 saturated heterocycles. The van der Waals surface area contributed by atoms with Crippen molar-refractivity contribution in [3.63, 3.8) is 0 Å². The van der Waals surface area contributed by atoms with Crippen LogP contribution in [0, 0.1) is 5.92 Å². The molecule has 0 radical (unpaired) electrons. The van der Waals surface area contributed by atoms with Gasteiger partial charge in [-0.25, -0.2) is 0 Å². The van der Waals surface area contributed by atoms with Crippen LogP contribution in [0.2, 0.25) is 0 Å². The zero-order chi connectivity index (χ0) is 16.1. The molecule has 7 nitrogen and oxygen atoms in total. The van der Waals surface area contributed by atoms with E-state index >= 15 is 0 Å². The van der Waals surface area contributed by atoms with Crippen molar-refractivity contribution >= 4 is 11.6 Å². The van der Waals surface area contributed by atoms with Gasteiger partial charge in [0.05, 0.1) is 24.5 Å². The van der Waals surface area contributed by atoms with Gasteiger partial charge in [0.2, 0.25) is 5.91 Å². The first-order valence-electron chi connectivity index (χ1n) is 7.78. The van der Waals surface area contributed by atoms with E-state index in [-0.39, 0.29) is 11.8 Å². The molecule has 0 spiro atoms. The molecule has 0 bridgehead atoms. The predicted molar refractivity (Wildman–Crippen MR) is 85.7 cm³/mol. The molecule has 0 aliphatic carbocycles. The number of nitrogens with one attached hydrogen (secondary N) is 1. The highest BCUT2D eigenvalue weighted by atomic mass is 16.5. The maximum Gasteiger partial charge on any atom is 0.241 e. The Kier molecular flexibility index (Phi) is 4.99. The van der Waals surface area contributed by atoms with Crippen molar-refractivity contribution in [1.82, 2.24) is 14.8 Å². The highest BCUT2D eigenvalue weighted by Gasteiger charge is 2.26. The summed E-state index contributed by atoms with van der Waals surface area (Å²) in [5, 5.41) is 7.10. The van der Waals surface area contributed by atoms with E-state index in [2.05, 4.69) is 15.4 Å². The van der Waals surface area contributed by atoms with Crippen molar-refractivity contribution in [3.05, 3.63) is 42.5 Å². The van der Waals surface area contributed by atoms with E-state index < -0.39 is 6.04 Å². The van der Waals surface area contributed by atoms with Crippen molar-refractivity contribution in [2.75, 3.05) is 18.5 Å². The summed E-state index contributed by atoms with van der Waals surface area (Å²) in [4.78, 5) is 16.2. The largest absolute Gasteiger partial charge is 0.381 e. The lowest BCUT2D eigenvalue weighted by molar-refractivity contribution is -0.119. The van der Waals surface area contributed by atoms with E-state index in [1.165, 1.54) is 0 Å². The number of carbonyl (C=O) groups excluding carboxylic acids is 1. The number of anilines is 1. The highest BCUT2D eigenvalue weighted by Crippen LogP contribution is 2.18. The first-order chi connectivity index (χ1) is 11.2. The van der Waals surface area contributed by atoms with Gasteiger partial charge >= 0.3 is 0 Å². The van der Waals surface area contributed by atoms with Crippen LogP contribution in [0.1, 0.15) is 18.4 Å². The molecule has 2 aromatic heterocycles. The van der Waals surface area contributed by atoms with Crippen molar-refractivity contribution in [3.8, 4) is 0 Å². The van der Waals surface area contributed by atoms with Gasteiger partial charge in [0.25, 0.3) is 0 Å². The standard InChI is InChI=1S/C16H21N5O2/c17-15(13-3-7-23-8-4-13)16(22)20-14-9-19-21(11-14)10-12-1-5-18-6-2-12/h1-2,5-6,9,11,13,15H,3-4,7-8,10,17H2,(H,20,22). The van der Waals surface area contributed by atoms with Gasteiger partial charge in [-0.15, -0.1) is 0 Å². The summed E-state index contributed by atoms with van der Waals surface area (Å²) >= 11 is 0. The van der Waals surface area contributed by atoms with Gasteiger partial charge in [-0.3, -0.25) is 14.5 Å². The Labute approximate surface area is 134 Å². The number of pyridine rings is 1. The summed E-state index contributed by atoms with van der Waals surface area (Å²) in [7, 11) is 0. The highest BCUT2D eigenvalue weighted by molar-refractivity contribution is 5.94. The van der Waals surface area contributed by atoms with Crippen LogP contribution < -0.4 is 11.1 Å². The Balaban J connectivity index is 1.56. The number of amides is 1. The fraction of sp³-hybridized carbons (Fsp3) is 0.438. The summed E-state index contributed by atoms with van der Waals surface area (Å²) in [6.07, 6.45) is 8.58. The van der Waals surface area contributed by atoms with Crippen LogP contribution in [-0.2, 0) is 16.1 Å². The second-order valence-electron chi connectivity index (χ2n) is 5.75. The first kappa shape index (κ1) is 15.6. The second kappa shape index (κ2) is 7.34. The average Bonchev–Trinajstić information content (AvgIpc) is 3.02.